The number of nitrogens with zero attached hydrogens (tertiary/aromatic N) is 3. The minimum Gasteiger partial charge on any atom is -0.312 e. The van der Waals surface area contributed by atoms with Gasteiger partial charge in [0, 0.05) is 18.8 Å². The van der Waals surface area contributed by atoms with Crippen molar-refractivity contribution in [3.05, 3.63) is 34.9 Å². The van der Waals surface area contributed by atoms with Crippen LogP contribution in [0, 0.1) is 0 Å². The fourth-order valence-corrected chi connectivity index (χ4v) is 1.67. The van der Waals surface area contributed by atoms with E-state index in [0.29, 0.717) is 18.2 Å². The summed E-state index contributed by atoms with van der Waals surface area (Å²) < 4.78 is 3.06. The number of pyridine rings is 1. The highest BCUT2D eigenvalue weighted by Gasteiger charge is 2.05. The van der Waals surface area contributed by atoms with Gasteiger partial charge in [0.25, 0.3) is 0 Å². The van der Waals surface area contributed by atoms with Crippen LogP contribution < -0.4 is 11.0 Å². The zero-order valence-electron chi connectivity index (χ0n) is 10.3. The SMILES string of the molecule is CCC(C)NCCn1nc2ccccn2c1=O. The third-order valence-corrected chi connectivity index (χ3v) is 2.92. The third-order valence-electron chi connectivity index (χ3n) is 2.92. The van der Waals surface area contributed by atoms with Gasteiger partial charge in [-0.25, -0.2) is 9.48 Å². The van der Waals surface area contributed by atoms with Gasteiger partial charge in [0.2, 0.25) is 0 Å². The van der Waals surface area contributed by atoms with Crippen LogP contribution in [0.1, 0.15) is 20.3 Å². The van der Waals surface area contributed by atoms with E-state index in [1.165, 1.54) is 4.68 Å². The lowest BCUT2D eigenvalue weighted by Crippen LogP contribution is -2.32. The van der Waals surface area contributed by atoms with Crippen molar-refractivity contribution in [1.82, 2.24) is 19.5 Å². The Labute approximate surface area is 100 Å². The van der Waals surface area contributed by atoms with Crippen LogP contribution in [0.15, 0.2) is 29.2 Å². The molecule has 0 saturated carbocycles. The molecule has 0 saturated heterocycles. The molecule has 0 fully saturated rings. The van der Waals surface area contributed by atoms with Crippen molar-refractivity contribution in [2.75, 3.05) is 6.54 Å². The van der Waals surface area contributed by atoms with Gasteiger partial charge in [-0.3, -0.25) is 4.40 Å². The summed E-state index contributed by atoms with van der Waals surface area (Å²) >= 11 is 0. The second-order valence-corrected chi connectivity index (χ2v) is 4.20. The predicted octanol–water partition coefficient (Wildman–Crippen LogP) is 0.884. The Kier molecular flexibility index (Phi) is 3.58. The number of hydrogen-bond donors (Lipinski definition) is 1. The molecule has 1 atom stereocenters. The Morgan fingerprint density at radius 3 is 3.00 bits per heavy atom. The minimum absolute atomic E-state index is 0.0773. The Balaban J connectivity index is 2.09. The number of aromatic nitrogens is 3. The van der Waals surface area contributed by atoms with Crippen molar-refractivity contribution in [2.45, 2.75) is 32.9 Å². The van der Waals surface area contributed by atoms with Crippen LogP contribution in [-0.4, -0.2) is 26.8 Å². The molecule has 92 valence electrons. The lowest BCUT2D eigenvalue weighted by molar-refractivity contribution is 0.481. The summed E-state index contributed by atoms with van der Waals surface area (Å²) in [5.74, 6) is 0. The van der Waals surface area contributed by atoms with E-state index in [0.717, 1.165) is 13.0 Å². The highest BCUT2D eigenvalue weighted by molar-refractivity contribution is 5.35. The molecule has 5 heteroatoms. The molecule has 2 rings (SSSR count). The first-order chi connectivity index (χ1) is 8.22. The lowest BCUT2D eigenvalue weighted by atomic mass is 10.3. The van der Waals surface area contributed by atoms with Gasteiger partial charge in [-0.05, 0) is 25.5 Å². The summed E-state index contributed by atoms with van der Waals surface area (Å²) in [6, 6.07) is 6.02. The van der Waals surface area contributed by atoms with Crippen molar-refractivity contribution in [1.29, 1.82) is 0 Å². The average Bonchev–Trinajstić information content (AvgIpc) is 2.67. The fraction of sp³-hybridized carbons (Fsp3) is 0.500. The Morgan fingerprint density at radius 2 is 2.29 bits per heavy atom. The second kappa shape index (κ2) is 5.14. The van der Waals surface area contributed by atoms with Crippen molar-refractivity contribution >= 4 is 5.65 Å². The van der Waals surface area contributed by atoms with E-state index >= 15 is 0 Å². The molecule has 17 heavy (non-hydrogen) atoms. The van der Waals surface area contributed by atoms with Crippen LogP contribution in [0.3, 0.4) is 0 Å². The van der Waals surface area contributed by atoms with Crippen molar-refractivity contribution in [3.8, 4) is 0 Å². The largest absolute Gasteiger partial charge is 0.350 e. The molecule has 0 aliphatic carbocycles. The van der Waals surface area contributed by atoms with Gasteiger partial charge in [0.1, 0.15) is 0 Å². The molecule has 0 aromatic carbocycles. The van der Waals surface area contributed by atoms with Crippen LogP contribution in [-0.2, 0) is 6.54 Å². The molecule has 0 aliphatic rings. The smallest absolute Gasteiger partial charge is 0.312 e. The molecule has 0 bridgehead atoms. The average molecular weight is 234 g/mol. The molecular formula is C12H18N4O. The molecule has 0 radical (unpaired) electrons. The summed E-state index contributed by atoms with van der Waals surface area (Å²) in [5.41, 5.74) is 0.618. The normalized spacial score (nSPS) is 13.1. The van der Waals surface area contributed by atoms with Gasteiger partial charge in [-0.2, -0.15) is 0 Å². The quantitative estimate of drug-likeness (QED) is 0.835. The molecule has 2 heterocycles. The maximum absolute atomic E-state index is 11.9. The van der Waals surface area contributed by atoms with E-state index in [1.807, 2.05) is 18.2 Å². The van der Waals surface area contributed by atoms with Gasteiger partial charge in [0.05, 0.1) is 6.54 Å². The summed E-state index contributed by atoms with van der Waals surface area (Å²) in [7, 11) is 0. The molecule has 2 aromatic rings. The van der Waals surface area contributed by atoms with Crippen LogP contribution in [0.2, 0.25) is 0 Å². The zero-order chi connectivity index (χ0) is 12.3. The molecule has 2 aromatic heterocycles. The van der Waals surface area contributed by atoms with E-state index in [9.17, 15) is 4.79 Å². The van der Waals surface area contributed by atoms with E-state index < -0.39 is 0 Å². The molecule has 0 amide bonds. The summed E-state index contributed by atoms with van der Waals surface area (Å²) in [6.45, 7) is 5.63. The van der Waals surface area contributed by atoms with Gasteiger partial charge in [-0.1, -0.05) is 13.0 Å². The van der Waals surface area contributed by atoms with E-state index in [-0.39, 0.29) is 5.69 Å². The fourth-order valence-electron chi connectivity index (χ4n) is 1.67. The first-order valence-electron chi connectivity index (χ1n) is 6.00. The number of hydrogen-bond acceptors (Lipinski definition) is 3. The molecular weight excluding hydrogens is 216 g/mol. The summed E-state index contributed by atoms with van der Waals surface area (Å²) in [4.78, 5) is 11.9. The van der Waals surface area contributed by atoms with E-state index in [1.54, 1.807) is 10.6 Å². The Hall–Kier alpha value is -1.62. The van der Waals surface area contributed by atoms with Gasteiger partial charge in [-0.15, -0.1) is 5.10 Å². The number of fused-ring (bicyclic) bond motifs is 1. The predicted molar refractivity (Wildman–Crippen MR) is 67.2 cm³/mol. The maximum atomic E-state index is 11.9. The molecule has 0 spiro atoms. The maximum Gasteiger partial charge on any atom is 0.350 e. The highest BCUT2D eigenvalue weighted by atomic mass is 16.2. The van der Waals surface area contributed by atoms with Gasteiger partial charge in [0.15, 0.2) is 5.65 Å². The van der Waals surface area contributed by atoms with E-state index in [4.69, 9.17) is 0 Å². The van der Waals surface area contributed by atoms with Crippen molar-refractivity contribution < 1.29 is 0 Å². The molecule has 5 nitrogen and oxygen atoms in total. The van der Waals surface area contributed by atoms with Crippen molar-refractivity contribution in [3.63, 3.8) is 0 Å². The lowest BCUT2D eigenvalue weighted by Gasteiger charge is -2.09. The minimum atomic E-state index is -0.0773. The van der Waals surface area contributed by atoms with E-state index in [2.05, 4.69) is 24.3 Å². The van der Waals surface area contributed by atoms with Gasteiger partial charge < -0.3 is 5.32 Å². The second-order valence-electron chi connectivity index (χ2n) is 4.20. The summed E-state index contributed by atoms with van der Waals surface area (Å²) in [5, 5.41) is 7.61. The highest BCUT2D eigenvalue weighted by Crippen LogP contribution is 1.94. The standard InChI is InChI=1S/C12H18N4O/c1-3-10(2)13-7-9-16-12(17)15-8-5-4-6-11(15)14-16/h4-6,8,10,13H,3,7,9H2,1-2H3. The van der Waals surface area contributed by atoms with Crippen LogP contribution in [0.5, 0.6) is 0 Å². The van der Waals surface area contributed by atoms with Crippen LogP contribution in [0.4, 0.5) is 0 Å². The monoisotopic (exact) mass is 234 g/mol. The first-order valence-corrected chi connectivity index (χ1v) is 6.00. The molecule has 1 N–H and O–H groups in total. The number of rotatable bonds is 5. The topological polar surface area (TPSA) is 51.3 Å². The first kappa shape index (κ1) is 11.9. The van der Waals surface area contributed by atoms with Crippen LogP contribution >= 0.6 is 0 Å². The summed E-state index contributed by atoms with van der Waals surface area (Å²) in [6.07, 6.45) is 2.82. The Bertz CT molecular complexity index is 543. The molecule has 1 unspecified atom stereocenters. The Morgan fingerprint density at radius 1 is 1.47 bits per heavy atom. The van der Waals surface area contributed by atoms with Crippen molar-refractivity contribution in [2.24, 2.45) is 0 Å². The van der Waals surface area contributed by atoms with Gasteiger partial charge >= 0.3 is 5.69 Å². The third kappa shape index (κ3) is 2.55. The van der Waals surface area contributed by atoms with Crippen LogP contribution in [0.25, 0.3) is 5.65 Å². The molecule has 0 aliphatic heterocycles. The zero-order valence-corrected chi connectivity index (χ0v) is 10.3. The number of nitrogens with one attached hydrogen (secondary N) is 1.